The van der Waals surface area contributed by atoms with Gasteiger partial charge in [0.15, 0.2) is 0 Å². The predicted molar refractivity (Wildman–Crippen MR) is 124 cm³/mol. The highest BCUT2D eigenvalue weighted by atomic mass is 16.6. The first-order valence-corrected chi connectivity index (χ1v) is 11.9. The highest BCUT2D eigenvalue weighted by molar-refractivity contribution is 5.97. The number of aliphatic hydroxyl groups is 1. The highest BCUT2D eigenvalue weighted by Gasteiger charge is 2.55. The normalized spacial score (nSPS) is 36.4. The summed E-state index contributed by atoms with van der Waals surface area (Å²) in [6, 6.07) is 3.53. The van der Waals surface area contributed by atoms with E-state index in [-0.39, 0.29) is 28.6 Å². The van der Waals surface area contributed by atoms with Crippen LogP contribution in [0.25, 0.3) is 0 Å². The molecule has 0 radical (unpaired) electrons. The van der Waals surface area contributed by atoms with Crippen molar-refractivity contribution in [2.24, 2.45) is 34.2 Å². The Balaban J connectivity index is 1.32. The Morgan fingerprint density at radius 2 is 1.88 bits per heavy atom. The van der Waals surface area contributed by atoms with Gasteiger partial charge in [-0.05, 0) is 92.6 Å². The van der Waals surface area contributed by atoms with Crippen LogP contribution in [0, 0.1) is 49.3 Å². The molecule has 0 saturated heterocycles. The van der Waals surface area contributed by atoms with Crippen LogP contribution in [0.2, 0.25) is 0 Å². The summed E-state index contributed by atoms with van der Waals surface area (Å²) in [7, 11) is 0. The quantitative estimate of drug-likeness (QED) is 0.474. The van der Waals surface area contributed by atoms with Crippen LogP contribution in [0.1, 0.15) is 58.3 Å². The molecule has 9 heteroatoms. The van der Waals surface area contributed by atoms with E-state index in [1.165, 1.54) is 24.1 Å². The number of anilines is 1. The Labute approximate surface area is 192 Å². The topological polar surface area (TPSA) is 131 Å². The number of nitrogens with zero attached hydrogens (tertiary/aromatic N) is 3. The molecular weight excluding hydrogens is 424 g/mol. The van der Waals surface area contributed by atoms with Gasteiger partial charge >= 0.3 is 5.69 Å². The van der Waals surface area contributed by atoms with Crippen LogP contribution in [0.5, 0.6) is 0 Å². The maximum Gasteiger partial charge on any atom is 0.301 e. The van der Waals surface area contributed by atoms with Gasteiger partial charge in [0.05, 0.1) is 27.7 Å². The molecule has 0 heterocycles. The Morgan fingerprint density at radius 1 is 1.06 bits per heavy atom. The number of rotatable bonds is 4. The van der Waals surface area contributed by atoms with Crippen LogP contribution < -0.4 is 5.43 Å². The van der Waals surface area contributed by atoms with Gasteiger partial charge in [0.2, 0.25) is 0 Å². The van der Waals surface area contributed by atoms with Gasteiger partial charge in [0.1, 0.15) is 5.69 Å². The summed E-state index contributed by atoms with van der Waals surface area (Å²) < 4.78 is 0. The summed E-state index contributed by atoms with van der Waals surface area (Å²) in [5.74, 6) is 2.58. The van der Waals surface area contributed by atoms with Gasteiger partial charge < -0.3 is 5.11 Å². The van der Waals surface area contributed by atoms with Crippen molar-refractivity contribution in [2.45, 2.75) is 64.4 Å². The van der Waals surface area contributed by atoms with Crippen LogP contribution in [-0.4, -0.2) is 26.8 Å². The van der Waals surface area contributed by atoms with E-state index < -0.39 is 9.85 Å². The SMILES string of the molecule is CC12CCC3C4CC/C(=N/Nc5ccc([N+](=O)[O-])cc5[N+](=O)[O-])C=C4CCC3C1CCC2O. The molecule has 5 rings (SSSR count). The van der Waals surface area contributed by atoms with Gasteiger partial charge in [0, 0.05) is 6.07 Å². The smallest absolute Gasteiger partial charge is 0.301 e. The van der Waals surface area contributed by atoms with Crippen molar-refractivity contribution in [2.75, 3.05) is 5.43 Å². The van der Waals surface area contributed by atoms with E-state index >= 15 is 0 Å². The second kappa shape index (κ2) is 8.20. The number of fused-ring (bicyclic) bond motifs is 5. The molecule has 2 N–H and O–H groups in total. The fourth-order valence-corrected chi connectivity index (χ4v) is 7.27. The number of nitrogens with one attached hydrogen (secondary N) is 1. The fraction of sp³-hybridized carbons (Fsp3) is 0.625. The molecule has 9 nitrogen and oxygen atoms in total. The Kier molecular flexibility index (Phi) is 5.47. The molecule has 0 aliphatic heterocycles. The molecule has 1 aromatic rings. The minimum atomic E-state index is -0.648. The van der Waals surface area contributed by atoms with E-state index in [0.717, 1.165) is 56.7 Å². The first-order valence-electron chi connectivity index (χ1n) is 11.9. The Bertz CT molecular complexity index is 1050. The van der Waals surface area contributed by atoms with Gasteiger partial charge in [-0.25, -0.2) is 0 Å². The molecule has 4 aliphatic rings. The van der Waals surface area contributed by atoms with Gasteiger partial charge in [-0.1, -0.05) is 12.5 Å². The van der Waals surface area contributed by atoms with Crippen LogP contribution in [0.4, 0.5) is 17.1 Å². The molecule has 3 saturated carbocycles. The molecule has 6 atom stereocenters. The fourth-order valence-electron chi connectivity index (χ4n) is 7.27. The lowest BCUT2D eigenvalue weighted by Gasteiger charge is -2.53. The van der Waals surface area contributed by atoms with Gasteiger partial charge in [-0.15, -0.1) is 0 Å². The molecule has 0 amide bonds. The number of non-ortho nitro benzene ring substituents is 1. The summed E-state index contributed by atoms with van der Waals surface area (Å²) in [5.41, 5.74) is 4.63. The lowest BCUT2D eigenvalue weighted by Crippen LogP contribution is -2.47. The number of benzene rings is 1. The van der Waals surface area contributed by atoms with Crippen molar-refractivity contribution in [3.05, 3.63) is 50.1 Å². The van der Waals surface area contributed by atoms with E-state index in [2.05, 4.69) is 23.5 Å². The third-order valence-electron chi connectivity index (χ3n) is 8.97. The van der Waals surface area contributed by atoms with E-state index in [1.54, 1.807) is 0 Å². The number of aliphatic hydroxyl groups excluding tert-OH is 1. The monoisotopic (exact) mass is 454 g/mol. The van der Waals surface area contributed by atoms with Crippen LogP contribution >= 0.6 is 0 Å². The van der Waals surface area contributed by atoms with Crippen molar-refractivity contribution < 1.29 is 15.0 Å². The Hall–Kier alpha value is -2.81. The highest BCUT2D eigenvalue weighted by Crippen LogP contribution is 2.61. The molecule has 0 aromatic heterocycles. The summed E-state index contributed by atoms with van der Waals surface area (Å²) >= 11 is 0. The number of nitro groups is 2. The second-order valence-electron chi connectivity index (χ2n) is 10.4. The lowest BCUT2D eigenvalue weighted by molar-refractivity contribution is -0.393. The summed E-state index contributed by atoms with van der Waals surface area (Å²) in [5, 5.41) is 37.3. The van der Waals surface area contributed by atoms with E-state index in [4.69, 9.17) is 0 Å². The maximum atomic E-state index is 11.4. The summed E-state index contributed by atoms with van der Waals surface area (Å²) in [6.45, 7) is 2.30. The largest absolute Gasteiger partial charge is 0.393 e. The van der Waals surface area contributed by atoms with Gasteiger partial charge in [-0.2, -0.15) is 5.10 Å². The average molecular weight is 455 g/mol. The van der Waals surface area contributed by atoms with Crippen LogP contribution in [0.15, 0.2) is 34.9 Å². The number of nitro benzene ring substituents is 2. The molecule has 0 spiro atoms. The zero-order valence-electron chi connectivity index (χ0n) is 18.8. The molecule has 1 aromatic carbocycles. The molecular formula is C24H30N4O5. The van der Waals surface area contributed by atoms with Gasteiger partial charge in [0.25, 0.3) is 5.69 Å². The number of hydrazone groups is 1. The minimum absolute atomic E-state index is 0.0903. The second-order valence-corrected chi connectivity index (χ2v) is 10.4. The molecule has 6 unspecified atom stereocenters. The standard InChI is InChI=1S/C24H30N4O5/c1-24-11-10-18-17-6-3-15(12-14(17)2-5-19(18)20(24)7-9-23(24)29)25-26-21-8-4-16(27(30)31)13-22(21)28(32)33/h4,8,12-13,17-20,23,26,29H,2-3,5-7,9-11H2,1H3/b25-15-. The summed E-state index contributed by atoms with van der Waals surface area (Å²) in [4.78, 5) is 21.0. The third-order valence-corrected chi connectivity index (χ3v) is 8.97. The number of hydrogen-bond acceptors (Lipinski definition) is 7. The van der Waals surface area contributed by atoms with Crippen molar-refractivity contribution in [3.63, 3.8) is 0 Å². The van der Waals surface area contributed by atoms with Crippen molar-refractivity contribution >= 4 is 22.8 Å². The third kappa shape index (κ3) is 3.72. The van der Waals surface area contributed by atoms with Crippen molar-refractivity contribution in [1.29, 1.82) is 0 Å². The number of hydrogen-bond donors (Lipinski definition) is 2. The molecule has 4 aliphatic carbocycles. The summed E-state index contributed by atoms with van der Waals surface area (Å²) in [6.07, 6.45) is 10.4. The lowest BCUT2D eigenvalue weighted by atomic mass is 9.52. The Morgan fingerprint density at radius 3 is 2.64 bits per heavy atom. The predicted octanol–water partition coefficient (Wildman–Crippen LogP) is 5.20. The van der Waals surface area contributed by atoms with E-state index in [1.807, 2.05) is 0 Å². The zero-order valence-corrected chi connectivity index (χ0v) is 18.8. The molecule has 3 fully saturated rings. The zero-order chi connectivity index (χ0) is 23.3. The first-order chi connectivity index (χ1) is 15.8. The molecule has 0 bridgehead atoms. The maximum absolute atomic E-state index is 11.4. The van der Waals surface area contributed by atoms with Gasteiger partial charge in [-0.3, -0.25) is 25.7 Å². The van der Waals surface area contributed by atoms with E-state index in [0.29, 0.717) is 23.7 Å². The van der Waals surface area contributed by atoms with Crippen LogP contribution in [0.3, 0.4) is 0 Å². The molecule has 176 valence electrons. The van der Waals surface area contributed by atoms with Crippen LogP contribution in [-0.2, 0) is 0 Å². The minimum Gasteiger partial charge on any atom is -0.393 e. The first kappa shape index (κ1) is 22.0. The number of allylic oxidation sites excluding steroid dienone is 2. The van der Waals surface area contributed by atoms with Crippen molar-refractivity contribution in [3.8, 4) is 0 Å². The van der Waals surface area contributed by atoms with Crippen molar-refractivity contribution in [1.82, 2.24) is 0 Å². The average Bonchev–Trinajstić information content (AvgIpc) is 3.11. The molecule has 33 heavy (non-hydrogen) atoms. The van der Waals surface area contributed by atoms with E-state index in [9.17, 15) is 25.3 Å².